The summed E-state index contributed by atoms with van der Waals surface area (Å²) in [5, 5.41) is 3.49. The molecule has 0 atom stereocenters. The Morgan fingerprint density at radius 1 is 1.19 bits per heavy atom. The molecule has 1 saturated heterocycles. The van der Waals surface area contributed by atoms with E-state index in [0.717, 1.165) is 6.54 Å². The average Bonchev–Trinajstić information content (AvgIpc) is 2.30. The van der Waals surface area contributed by atoms with Gasteiger partial charge in [0, 0.05) is 22.3 Å². The van der Waals surface area contributed by atoms with Crippen molar-refractivity contribution in [2.75, 3.05) is 31.5 Å². The van der Waals surface area contributed by atoms with Crippen LogP contribution in [0.3, 0.4) is 0 Å². The zero-order chi connectivity index (χ0) is 11.2. The topological polar surface area (TPSA) is 15.3 Å². The number of halogens is 1. The number of anilines is 1. The van der Waals surface area contributed by atoms with Gasteiger partial charge in [0.2, 0.25) is 0 Å². The molecule has 0 aliphatic carbocycles. The Labute approximate surface area is 112 Å². The predicted octanol–water partition coefficient (Wildman–Crippen LogP) is 3.19. The molecule has 1 aromatic rings. The molecule has 88 valence electrons. The largest absolute Gasteiger partial charge is 0.384 e. The van der Waals surface area contributed by atoms with Gasteiger partial charge in [-0.3, -0.25) is 0 Å². The molecule has 0 unspecified atom stereocenters. The third-order valence-corrected chi connectivity index (χ3v) is 3.70. The Morgan fingerprint density at radius 2 is 2.00 bits per heavy atom. The molecule has 0 amide bonds. The van der Waals surface area contributed by atoms with Crippen molar-refractivity contribution in [3.63, 3.8) is 0 Å². The smallest absolute Gasteiger partial charge is 0.0351 e. The van der Waals surface area contributed by atoms with E-state index in [4.69, 9.17) is 0 Å². The molecule has 1 aliphatic rings. The average molecular weight is 330 g/mol. The van der Waals surface area contributed by atoms with Gasteiger partial charge in [-0.25, -0.2) is 0 Å². The first-order chi connectivity index (χ1) is 7.84. The monoisotopic (exact) mass is 330 g/mol. The molecule has 1 aliphatic heterocycles. The van der Waals surface area contributed by atoms with Gasteiger partial charge in [0.25, 0.3) is 0 Å². The highest BCUT2D eigenvalue weighted by Gasteiger charge is 2.08. The van der Waals surface area contributed by atoms with Gasteiger partial charge in [0.1, 0.15) is 0 Å². The SMILES string of the molecule is Ic1cccc(NCCN2CCCCC2)c1. The minimum atomic E-state index is 1.06. The van der Waals surface area contributed by atoms with Gasteiger partial charge < -0.3 is 10.2 Å². The molecular weight excluding hydrogens is 311 g/mol. The van der Waals surface area contributed by atoms with Crippen LogP contribution in [0.4, 0.5) is 5.69 Å². The molecule has 0 spiro atoms. The van der Waals surface area contributed by atoms with Gasteiger partial charge >= 0.3 is 0 Å². The fraction of sp³-hybridized carbons (Fsp3) is 0.538. The highest BCUT2D eigenvalue weighted by atomic mass is 127. The van der Waals surface area contributed by atoms with Crippen molar-refractivity contribution >= 4 is 28.3 Å². The standard InChI is InChI=1S/C13H19IN2/c14-12-5-4-6-13(11-12)15-7-10-16-8-2-1-3-9-16/h4-6,11,15H,1-3,7-10H2. The lowest BCUT2D eigenvalue weighted by Crippen LogP contribution is -2.33. The van der Waals surface area contributed by atoms with Crippen LogP contribution in [-0.4, -0.2) is 31.1 Å². The summed E-state index contributed by atoms with van der Waals surface area (Å²) in [7, 11) is 0. The fourth-order valence-electron chi connectivity index (χ4n) is 2.14. The Bertz CT molecular complexity index is 321. The van der Waals surface area contributed by atoms with Crippen molar-refractivity contribution in [2.24, 2.45) is 0 Å². The molecule has 1 fully saturated rings. The lowest BCUT2D eigenvalue weighted by atomic mass is 10.1. The van der Waals surface area contributed by atoms with Gasteiger partial charge in [0.05, 0.1) is 0 Å². The molecule has 3 heteroatoms. The van der Waals surface area contributed by atoms with Crippen LogP contribution < -0.4 is 5.32 Å². The molecule has 1 heterocycles. The summed E-state index contributed by atoms with van der Waals surface area (Å²) >= 11 is 2.35. The van der Waals surface area contributed by atoms with Crippen LogP contribution >= 0.6 is 22.6 Å². The third kappa shape index (κ3) is 3.94. The molecular formula is C13H19IN2. The second kappa shape index (κ2) is 6.45. The van der Waals surface area contributed by atoms with E-state index in [1.165, 1.54) is 48.2 Å². The van der Waals surface area contributed by atoms with Gasteiger partial charge in [-0.05, 0) is 66.7 Å². The van der Waals surface area contributed by atoms with Crippen LogP contribution in [-0.2, 0) is 0 Å². The van der Waals surface area contributed by atoms with Gasteiger partial charge in [-0.1, -0.05) is 12.5 Å². The summed E-state index contributed by atoms with van der Waals surface area (Å²) in [5.41, 5.74) is 1.24. The summed E-state index contributed by atoms with van der Waals surface area (Å²) in [6.07, 6.45) is 4.17. The van der Waals surface area contributed by atoms with Crippen molar-refractivity contribution in [1.82, 2.24) is 4.90 Å². The number of nitrogens with zero attached hydrogens (tertiary/aromatic N) is 1. The van der Waals surface area contributed by atoms with Crippen LogP contribution in [0.15, 0.2) is 24.3 Å². The summed E-state index contributed by atoms with van der Waals surface area (Å²) in [4.78, 5) is 2.56. The second-order valence-electron chi connectivity index (χ2n) is 4.34. The molecule has 2 nitrogen and oxygen atoms in total. The van der Waals surface area contributed by atoms with E-state index in [2.05, 4.69) is 57.1 Å². The zero-order valence-corrected chi connectivity index (χ0v) is 11.7. The highest BCUT2D eigenvalue weighted by molar-refractivity contribution is 14.1. The fourth-order valence-corrected chi connectivity index (χ4v) is 2.68. The Balaban J connectivity index is 1.71. The van der Waals surface area contributed by atoms with Crippen molar-refractivity contribution in [2.45, 2.75) is 19.3 Å². The normalized spacial score (nSPS) is 17.3. The van der Waals surface area contributed by atoms with Gasteiger partial charge in [-0.15, -0.1) is 0 Å². The maximum Gasteiger partial charge on any atom is 0.0351 e. The minimum Gasteiger partial charge on any atom is -0.384 e. The quantitative estimate of drug-likeness (QED) is 0.853. The van der Waals surface area contributed by atoms with Crippen LogP contribution in [0, 0.1) is 3.57 Å². The molecule has 1 N–H and O–H groups in total. The summed E-state index contributed by atoms with van der Waals surface area (Å²) in [5.74, 6) is 0. The summed E-state index contributed by atoms with van der Waals surface area (Å²) < 4.78 is 1.29. The Morgan fingerprint density at radius 3 is 2.75 bits per heavy atom. The van der Waals surface area contributed by atoms with Crippen LogP contribution in [0.25, 0.3) is 0 Å². The Kier molecular flexibility index (Phi) is 4.91. The van der Waals surface area contributed by atoms with E-state index < -0.39 is 0 Å². The third-order valence-electron chi connectivity index (χ3n) is 3.03. The lowest BCUT2D eigenvalue weighted by Gasteiger charge is -2.26. The summed E-state index contributed by atoms with van der Waals surface area (Å²) in [6, 6.07) is 8.55. The molecule has 2 rings (SSSR count). The zero-order valence-electron chi connectivity index (χ0n) is 9.58. The van der Waals surface area contributed by atoms with E-state index >= 15 is 0 Å². The molecule has 0 radical (unpaired) electrons. The maximum absolute atomic E-state index is 3.49. The first kappa shape index (κ1) is 12.2. The number of hydrogen-bond donors (Lipinski definition) is 1. The predicted molar refractivity (Wildman–Crippen MR) is 77.9 cm³/mol. The Hall–Kier alpha value is -0.290. The molecule has 16 heavy (non-hydrogen) atoms. The number of benzene rings is 1. The molecule has 1 aromatic carbocycles. The number of hydrogen-bond acceptors (Lipinski definition) is 2. The van der Waals surface area contributed by atoms with Gasteiger partial charge in [0.15, 0.2) is 0 Å². The number of nitrogens with one attached hydrogen (secondary N) is 1. The van der Waals surface area contributed by atoms with E-state index in [-0.39, 0.29) is 0 Å². The van der Waals surface area contributed by atoms with E-state index in [0.29, 0.717) is 0 Å². The van der Waals surface area contributed by atoms with Crippen molar-refractivity contribution < 1.29 is 0 Å². The van der Waals surface area contributed by atoms with Crippen molar-refractivity contribution in [1.29, 1.82) is 0 Å². The van der Waals surface area contributed by atoms with Gasteiger partial charge in [-0.2, -0.15) is 0 Å². The molecule has 0 bridgehead atoms. The number of likely N-dealkylation sites (tertiary alicyclic amines) is 1. The van der Waals surface area contributed by atoms with Crippen molar-refractivity contribution in [3.05, 3.63) is 27.8 Å². The first-order valence-corrected chi connectivity index (χ1v) is 7.14. The van der Waals surface area contributed by atoms with E-state index in [1.54, 1.807) is 0 Å². The van der Waals surface area contributed by atoms with Crippen LogP contribution in [0.1, 0.15) is 19.3 Å². The maximum atomic E-state index is 3.49. The van der Waals surface area contributed by atoms with E-state index in [1.807, 2.05) is 0 Å². The van der Waals surface area contributed by atoms with E-state index in [9.17, 15) is 0 Å². The van der Waals surface area contributed by atoms with Crippen LogP contribution in [0.5, 0.6) is 0 Å². The van der Waals surface area contributed by atoms with Crippen LogP contribution in [0.2, 0.25) is 0 Å². The lowest BCUT2D eigenvalue weighted by molar-refractivity contribution is 0.237. The molecule has 0 saturated carbocycles. The van der Waals surface area contributed by atoms with Crippen molar-refractivity contribution in [3.8, 4) is 0 Å². The summed E-state index contributed by atoms with van der Waals surface area (Å²) in [6.45, 7) is 4.80. The first-order valence-electron chi connectivity index (χ1n) is 6.06. The minimum absolute atomic E-state index is 1.06. The second-order valence-corrected chi connectivity index (χ2v) is 5.59. The molecule has 0 aromatic heterocycles. The number of piperidine rings is 1. The highest BCUT2D eigenvalue weighted by Crippen LogP contribution is 2.12. The number of rotatable bonds is 4.